The molecule has 4 heteroatoms. The van der Waals surface area contributed by atoms with E-state index in [4.69, 9.17) is 4.74 Å². The van der Waals surface area contributed by atoms with Crippen molar-refractivity contribution < 1.29 is 9.13 Å². The first kappa shape index (κ1) is 19.2. The summed E-state index contributed by atoms with van der Waals surface area (Å²) >= 11 is 0. The molecule has 0 saturated heterocycles. The third-order valence-electron chi connectivity index (χ3n) is 4.53. The number of rotatable bonds is 6. The Labute approximate surface area is 159 Å². The molecule has 3 rings (SSSR count). The number of hydrogen-bond donors (Lipinski definition) is 0. The smallest absolute Gasteiger partial charge is 0.131 e. The minimum Gasteiger partial charge on any atom is -0.380 e. The van der Waals surface area contributed by atoms with Crippen molar-refractivity contribution in [2.24, 2.45) is 0 Å². The van der Waals surface area contributed by atoms with E-state index in [2.05, 4.69) is 30.6 Å². The van der Waals surface area contributed by atoms with Crippen molar-refractivity contribution in [3.05, 3.63) is 83.2 Å². The molecule has 1 nitrogen and oxygen atoms in total. The molecule has 0 saturated carbocycles. The van der Waals surface area contributed by atoms with E-state index in [0.717, 1.165) is 34.6 Å². The molecule has 3 aromatic rings. The van der Waals surface area contributed by atoms with Gasteiger partial charge in [0, 0.05) is 12.7 Å². The van der Waals surface area contributed by atoms with Gasteiger partial charge in [-0.05, 0) is 57.8 Å². The zero-order chi connectivity index (χ0) is 18.5. The van der Waals surface area contributed by atoms with Crippen molar-refractivity contribution in [3.63, 3.8) is 0 Å². The lowest BCUT2D eigenvalue weighted by atomic mass is 9.96. The Kier molecular flexibility index (Phi) is 6.54. The van der Waals surface area contributed by atoms with Crippen LogP contribution in [-0.4, -0.2) is 7.11 Å². The average Bonchev–Trinajstić information content (AvgIpc) is 2.68. The van der Waals surface area contributed by atoms with Crippen LogP contribution in [0.15, 0.2) is 60.7 Å². The largest absolute Gasteiger partial charge is 0.380 e. The highest BCUT2D eigenvalue weighted by molar-refractivity contribution is 7.15. The fraction of sp³-hybridized carbons (Fsp3) is 0.182. The molecular formula is C22H23FOP2. The molecule has 2 atom stereocenters. The van der Waals surface area contributed by atoms with Gasteiger partial charge in [0.25, 0.3) is 0 Å². The second kappa shape index (κ2) is 8.87. The number of hydrogen-bond acceptors (Lipinski definition) is 1. The first-order valence-corrected chi connectivity index (χ1v) is 10.2. The second-order valence-corrected chi connectivity index (χ2v) is 7.03. The molecule has 0 aliphatic heterocycles. The maximum absolute atomic E-state index is 14.8. The van der Waals surface area contributed by atoms with Crippen molar-refractivity contribution in [3.8, 4) is 22.3 Å². The number of ether oxygens (including phenoxy) is 1. The first-order chi connectivity index (χ1) is 12.7. The maximum Gasteiger partial charge on any atom is 0.131 e. The summed E-state index contributed by atoms with van der Waals surface area (Å²) in [4.78, 5) is 0. The van der Waals surface area contributed by atoms with Crippen LogP contribution in [0.2, 0.25) is 0 Å². The lowest BCUT2D eigenvalue weighted by molar-refractivity contribution is 0.184. The molecule has 0 aromatic heterocycles. The van der Waals surface area contributed by atoms with E-state index in [1.807, 2.05) is 42.5 Å². The van der Waals surface area contributed by atoms with Crippen LogP contribution >= 0.6 is 18.5 Å². The molecule has 0 fully saturated rings. The Bertz CT molecular complexity index is 891. The fourth-order valence-corrected chi connectivity index (χ4v) is 3.71. The quantitative estimate of drug-likeness (QED) is 0.470. The predicted molar refractivity (Wildman–Crippen MR) is 115 cm³/mol. The third-order valence-corrected chi connectivity index (χ3v) is 5.44. The summed E-state index contributed by atoms with van der Waals surface area (Å²) < 4.78 is 20.1. The van der Waals surface area contributed by atoms with Gasteiger partial charge in [-0.3, -0.25) is 0 Å². The van der Waals surface area contributed by atoms with Gasteiger partial charge < -0.3 is 4.74 Å². The Morgan fingerprint density at radius 2 is 1.46 bits per heavy atom. The molecule has 3 aromatic carbocycles. The van der Waals surface area contributed by atoms with Crippen LogP contribution in [0.5, 0.6) is 0 Å². The second-order valence-electron chi connectivity index (χ2n) is 6.22. The zero-order valence-electron chi connectivity index (χ0n) is 14.8. The summed E-state index contributed by atoms with van der Waals surface area (Å²) in [5, 5.41) is 0. The van der Waals surface area contributed by atoms with Gasteiger partial charge >= 0.3 is 0 Å². The zero-order valence-corrected chi connectivity index (χ0v) is 17.1. The van der Waals surface area contributed by atoms with Crippen LogP contribution in [-0.2, 0) is 23.7 Å². The molecular weight excluding hydrogens is 361 g/mol. The standard InChI is InChI=1S/C22H23FOP2/c1-24-12-20-10-18(6-7-19(20)14-26)21-9-8-17(11-22(21)23)16-4-2-15(13-25)3-5-16/h2-11H,12-14,25-26H2,1H3. The van der Waals surface area contributed by atoms with E-state index >= 15 is 0 Å². The minimum absolute atomic E-state index is 0.209. The van der Waals surface area contributed by atoms with E-state index < -0.39 is 0 Å². The lowest BCUT2D eigenvalue weighted by Crippen LogP contribution is -1.95. The Balaban J connectivity index is 1.95. The van der Waals surface area contributed by atoms with Crippen LogP contribution in [0.4, 0.5) is 4.39 Å². The molecule has 0 bridgehead atoms. The van der Waals surface area contributed by atoms with Gasteiger partial charge in [0.1, 0.15) is 5.82 Å². The predicted octanol–water partition coefficient (Wildman–Crippen LogP) is 6.06. The van der Waals surface area contributed by atoms with Gasteiger partial charge in [-0.15, -0.1) is 18.5 Å². The maximum atomic E-state index is 14.8. The lowest BCUT2D eigenvalue weighted by Gasteiger charge is -2.12. The van der Waals surface area contributed by atoms with Gasteiger partial charge in [-0.2, -0.15) is 0 Å². The first-order valence-electron chi connectivity index (χ1n) is 8.56. The average molecular weight is 384 g/mol. The van der Waals surface area contributed by atoms with Crippen molar-refractivity contribution in [1.82, 2.24) is 0 Å². The molecule has 134 valence electrons. The monoisotopic (exact) mass is 384 g/mol. The van der Waals surface area contributed by atoms with E-state index in [-0.39, 0.29) is 5.82 Å². The minimum atomic E-state index is -0.209. The number of halogens is 1. The van der Waals surface area contributed by atoms with Crippen molar-refractivity contribution in [2.45, 2.75) is 18.9 Å². The van der Waals surface area contributed by atoms with Crippen molar-refractivity contribution >= 4 is 18.5 Å². The molecule has 0 amide bonds. The van der Waals surface area contributed by atoms with Crippen LogP contribution in [0.25, 0.3) is 22.3 Å². The van der Waals surface area contributed by atoms with Crippen LogP contribution in [0.1, 0.15) is 16.7 Å². The van der Waals surface area contributed by atoms with Crippen LogP contribution in [0.3, 0.4) is 0 Å². The highest BCUT2D eigenvalue weighted by Crippen LogP contribution is 2.30. The Morgan fingerprint density at radius 1 is 0.769 bits per heavy atom. The normalized spacial score (nSPS) is 10.9. The van der Waals surface area contributed by atoms with Crippen LogP contribution in [0, 0.1) is 5.82 Å². The van der Waals surface area contributed by atoms with Gasteiger partial charge in [0.15, 0.2) is 0 Å². The molecule has 26 heavy (non-hydrogen) atoms. The molecule has 0 radical (unpaired) electrons. The Morgan fingerprint density at radius 3 is 2.08 bits per heavy atom. The van der Waals surface area contributed by atoms with E-state index in [1.165, 1.54) is 11.1 Å². The van der Waals surface area contributed by atoms with E-state index in [9.17, 15) is 4.39 Å². The Hall–Kier alpha value is -1.59. The summed E-state index contributed by atoms with van der Waals surface area (Å²) in [6.45, 7) is 0.527. The highest BCUT2D eigenvalue weighted by Gasteiger charge is 2.10. The third kappa shape index (κ3) is 4.21. The summed E-state index contributed by atoms with van der Waals surface area (Å²) in [7, 11) is 7.12. The van der Waals surface area contributed by atoms with Gasteiger partial charge in [-0.25, -0.2) is 4.39 Å². The topological polar surface area (TPSA) is 9.23 Å². The molecule has 0 aliphatic carbocycles. The number of benzene rings is 3. The molecule has 0 aliphatic rings. The van der Waals surface area contributed by atoms with Crippen molar-refractivity contribution in [2.75, 3.05) is 7.11 Å². The highest BCUT2D eigenvalue weighted by atomic mass is 31.0. The molecule has 0 heterocycles. The number of methoxy groups -OCH3 is 1. The van der Waals surface area contributed by atoms with E-state index in [0.29, 0.717) is 12.2 Å². The summed E-state index contributed by atoms with van der Waals surface area (Å²) in [5.74, 6) is -0.209. The summed E-state index contributed by atoms with van der Waals surface area (Å²) in [5.41, 5.74) is 6.94. The molecule has 2 unspecified atom stereocenters. The SMILES string of the molecule is COCc1cc(-c2ccc(-c3ccc(CP)cc3)cc2F)ccc1CP. The van der Waals surface area contributed by atoms with Gasteiger partial charge in [0.2, 0.25) is 0 Å². The molecule has 0 N–H and O–H groups in total. The van der Waals surface area contributed by atoms with Crippen molar-refractivity contribution in [1.29, 1.82) is 0 Å². The summed E-state index contributed by atoms with van der Waals surface area (Å²) in [6.07, 6.45) is 1.77. The summed E-state index contributed by atoms with van der Waals surface area (Å²) in [6, 6.07) is 19.7. The van der Waals surface area contributed by atoms with E-state index in [1.54, 1.807) is 13.2 Å². The van der Waals surface area contributed by atoms with Gasteiger partial charge in [-0.1, -0.05) is 48.5 Å². The van der Waals surface area contributed by atoms with Gasteiger partial charge in [0.05, 0.1) is 6.61 Å². The van der Waals surface area contributed by atoms with Crippen LogP contribution < -0.4 is 0 Å². The molecule has 0 spiro atoms. The fourth-order valence-electron chi connectivity index (χ4n) is 3.04.